The summed E-state index contributed by atoms with van der Waals surface area (Å²) in [7, 11) is 0. The molecule has 0 aliphatic carbocycles. The Kier molecular flexibility index (Phi) is 8.07. The average Bonchev–Trinajstić information content (AvgIpc) is 2.47. The zero-order valence-corrected chi connectivity index (χ0v) is 13.6. The second-order valence-corrected chi connectivity index (χ2v) is 5.08. The molecule has 22 heavy (non-hydrogen) atoms. The fraction of sp³-hybridized carbons (Fsp3) is 0.375. The van der Waals surface area contributed by atoms with E-state index in [2.05, 4.69) is 10.6 Å². The van der Waals surface area contributed by atoms with Crippen LogP contribution in [0.25, 0.3) is 5.57 Å². The van der Waals surface area contributed by atoms with Crippen LogP contribution in [-0.4, -0.2) is 31.7 Å². The van der Waals surface area contributed by atoms with Gasteiger partial charge in [-0.25, -0.2) is 9.59 Å². The summed E-state index contributed by atoms with van der Waals surface area (Å²) in [6.07, 6.45) is 2.00. The molecule has 2 N–H and O–H groups in total. The van der Waals surface area contributed by atoms with Gasteiger partial charge in [0.2, 0.25) is 0 Å². The van der Waals surface area contributed by atoms with Gasteiger partial charge in [0, 0.05) is 24.2 Å². The van der Waals surface area contributed by atoms with E-state index in [0.717, 1.165) is 11.1 Å². The zero-order valence-electron chi connectivity index (χ0n) is 12.8. The van der Waals surface area contributed by atoms with E-state index >= 15 is 0 Å². The molecule has 0 saturated heterocycles. The highest BCUT2D eigenvalue weighted by atomic mass is 35.5. The largest absolute Gasteiger partial charge is 0.462 e. The van der Waals surface area contributed by atoms with E-state index < -0.39 is 5.97 Å². The minimum atomic E-state index is -0.407. The number of carbonyl (C=O) groups is 2. The molecule has 0 atom stereocenters. The van der Waals surface area contributed by atoms with Gasteiger partial charge in [0.05, 0.1) is 6.61 Å². The first-order valence-electron chi connectivity index (χ1n) is 7.15. The molecule has 6 heteroatoms. The van der Waals surface area contributed by atoms with E-state index in [1.54, 1.807) is 12.1 Å². The highest BCUT2D eigenvalue weighted by Gasteiger charge is 2.03. The van der Waals surface area contributed by atoms with E-state index in [9.17, 15) is 9.59 Å². The van der Waals surface area contributed by atoms with E-state index in [-0.39, 0.29) is 12.6 Å². The predicted octanol–water partition coefficient (Wildman–Crippen LogP) is 3.00. The first-order valence-corrected chi connectivity index (χ1v) is 7.53. The van der Waals surface area contributed by atoms with Crippen molar-refractivity contribution in [1.82, 2.24) is 10.6 Å². The van der Waals surface area contributed by atoms with Gasteiger partial charge in [-0.2, -0.15) is 0 Å². The molecule has 1 aromatic carbocycles. The van der Waals surface area contributed by atoms with Crippen molar-refractivity contribution in [3.05, 3.63) is 40.9 Å². The maximum Gasteiger partial charge on any atom is 0.331 e. The standard InChI is InChI=1S/C16H21ClN2O3/c1-3-18-16(21)19-8-5-9-22-15(20)10-12(2)13-6-4-7-14(17)11-13/h4,6-7,10-11H,3,5,8-9H2,1-2H3,(H2,18,19,21). The third kappa shape index (κ3) is 7.13. The first-order chi connectivity index (χ1) is 10.5. The van der Waals surface area contributed by atoms with Crippen LogP contribution in [0.15, 0.2) is 30.3 Å². The predicted molar refractivity (Wildman–Crippen MR) is 87.8 cm³/mol. The maximum atomic E-state index is 11.7. The van der Waals surface area contributed by atoms with Crippen LogP contribution in [0, 0.1) is 0 Å². The molecule has 0 heterocycles. The van der Waals surface area contributed by atoms with Crippen LogP contribution in [0.5, 0.6) is 0 Å². The Hall–Kier alpha value is -2.01. The summed E-state index contributed by atoms with van der Waals surface area (Å²) < 4.78 is 5.09. The number of allylic oxidation sites excluding steroid dienone is 1. The zero-order chi connectivity index (χ0) is 16.4. The maximum absolute atomic E-state index is 11.7. The topological polar surface area (TPSA) is 67.4 Å². The van der Waals surface area contributed by atoms with Crippen LogP contribution in [0.4, 0.5) is 4.79 Å². The van der Waals surface area contributed by atoms with Gasteiger partial charge in [-0.3, -0.25) is 0 Å². The van der Waals surface area contributed by atoms with Gasteiger partial charge in [0.1, 0.15) is 0 Å². The molecule has 0 fully saturated rings. The third-order valence-electron chi connectivity index (χ3n) is 2.80. The lowest BCUT2D eigenvalue weighted by Gasteiger charge is -2.06. The molecule has 0 radical (unpaired) electrons. The lowest BCUT2D eigenvalue weighted by Crippen LogP contribution is -2.36. The molecule has 120 valence electrons. The Morgan fingerprint density at radius 2 is 2.09 bits per heavy atom. The molecule has 1 aromatic rings. The molecular weight excluding hydrogens is 304 g/mol. The van der Waals surface area contributed by atoms with Crippen LogP contribution in [0.2, 0.25) is 5.02 Å². The summed E-state index contributed by atoms with van der Waals surface area (Å²) in [6, 6.07) is 7.05. The lowest BCUT2D eigenvalue weighted by molar-refractivity contribution is -0.137. The molecule has 0 aliphatic heterocycles. The van der Waals surface area contributed by atoms with E-state index in [0.29, 0.717) is 24.5 Å². The van der Waals surface area contributed by atoms with Crippen LogP contribution >= 0.6 is 11.6 Å². The van der Waals surface area contributed by atoms with Crippen molar-refractivity contribution in [2.45, 2.75) is 20.3 Å². The summed E-state index contributed by atoms with van der Waals surface area (Å²) >= 11 is 5.91. The SMILES string of the molecule is CCNC(=O)NCCCOC(=O)C=C(C)c1cccc(Cl)c1. The van der Waals surface area contributed by atoms with E-state index in [1.165, 1.54) is 6.08 Å². The van der Waals surface area contributed by atoms with Gasteiger partial charge in [-0.05, 0) is 43.5 Å². The average molecular weight is 325 g/mol. The van der Waals surface area contributed by atoms with Gasteiger partial charge in [-0.1, -0.05) is 23.7 Å². The fourth-order valence-electron chi connectivity index (χ4n) is 1.71. The van der Waals surface area contributed by atoms with Gasteiger partial charge in [0.25, 0.3) is 0 Å². The summed E-state index contributed by atoms with van der Waals surface area (Å²) in [5.74, 6) is -0.407. The number of esters is 1. The summed E-state index contributed by atoms with van der Waals surface area (Å²) in [6.45, 7) is 4.95. The van der Waals surface area contributed by atoms with Crippen LogP contribution in [0.3, 0.4) is 0 Å². The fourth-order valence-corrected chi connectivity index (χ4v) is 1.90. The van der Waals surface area contributed by atoms with Crippen LogP contribution in [-0.2, 0) is 9.53 Å². The smallest absolute Gasteiger partial charge is 0.331 e. The minimum absolute atomic E-state index is 0.217. The molecule has 2 amide bonds. The quantitative estimate of drug-likeness (QED) is 0.460. The molecule has 0 unspecified atom stereocenters. The number of rotatable bonds is 7. The number of hydrogen-bond acceptors (Lipinski definition) is 3. The number of halogens is 1. The van der Waals surface area contributed by atoms with Crippen molar-refractivity contribution in [2.75, 3.05) is 19.7 Å². The Morgan fingerprint density at radius 1 is 1.32 bits per heavy atom. The summed E-state index contributed by atoms with van der Waals surface area (Å²) in [5.41, 5.74) is 1.66. The van der Waals surface area contributed by atoms with Gasteiger partial charge >= 0.3 is 12.0 Å². The molecule has 0 aliphatic rings. The molecule has 0 bridgehead atoms. The number of ether oxygens (including phenoxy) is 1. The Labute approximate surface area is 135 Å². The Morgan fingerprint density at radius 3 is 2.77 bits per heavy atom. The van der Waals surface area contributed by atoms with Crippen molar-refractivity contribution in [2.24, 2.45) is 0 Å². The van der Waals surface area contributed by atoms with Crippen molar-refractivity contribution < 1.29 is 14.3 Å². The number of carbonyl (C=O) groups excluding carboxylic acids is 2. The number of benzene rings is 1. The van der Waals surface area contributed by atoms with Crippen molar-refractivity contribution >= 4 is 29.2 Å². The normalized spacial score (nSPS) is 11.0. The Bertz CT molecular complexity index is 544. The third-order valence-corrected chi connectivity index (χ3v) is 3.04. The van der Waals surface area contributed by atoms with E-state index in [1.807, 2.05) is 26.0 Å². The molecule has 1 rings (SSSR count). The lowest BCUT2D eigenvalue weighted by atomic mass is 10.1. The second kappa shape index (κ2) is 9.84. The van der Waals surface area contributed by atoms with Crippen LogP contribution < -0.4 is 10.6 Å². The van der Waals surface area contributed by atoms with Crippen molar-refractivity contribution in [1.29, 1.82) is 0 Å². The molecule has 5 nitrogen and oxygen atoms in total. The first kappa shape index (κ1) is 18.0. The number of amides is 2. The summed E-state index contributed by atoms with van der Waals surface area (Å²) in [5, 5.41) is 5.90. The molecule has 0 saturated carbocycles. The van der Waals surface area contributed by atoms with Gasteiger partial charge in [0.15, 0.2) is 0 Å². The minimum Gasteiger partial charge on any atom is -0.462 e. The highest BCUT2D eigenvalue weighted by molar-refractivity contribution is 6.30. The van der Waals surface area contributed by atoms with Crippen molar-refractivity contribution in [3.63, 3.8) is 0 Å². The molecule has 0 aromatic heterocycles. The second-order valence-electron chi connectivity index (χ2n) is 4.64. The highest BCUT2D eigenvalue weighted by Crippen LogP contribution is 2.18. The number of nitrogens with one attached hydrogen (secondary N) is 2. The Balaban J connectivity index is 2.31. The van der Waals surface area contributed by atoms with Crippen LogP contribution in [0.1, 0.15) is 25.8 Å². The molecular formula is C16H21ClN2O3. The van der Waals surface area contributed by atoms with Gasteiger partial charge in [-0.15, -0.1) is 0 Å². The monoisotopic (exact) mass is 324 g/mol. The van der Waals surface area contributed by atoms with Crippen molar-refractivity contribution in [3.8, 4) is 0 Å². The number of hydrogen-bond donors (Lipinski definition) is 2. The van der Waals surface area contributed by atoms with E-state index in [4.69, 9.17) is 16.3 Å². The van der Waals surface area contributed by atoms with Gasteiger partial charge < -0.3 is 15.4 Å². The number of urea groups is 1. The summed E-state index contributed by atoms with van der Waals surface area (Å²) in [4.78, 5) is 22.8. The molecule has 0 spiro atoms.